The number of rotatable bonds is 4. The summed E-state index contributed by atoms with van der Waals surface area (Å²) in [4.78, 5) is 22.1. The Kier molecular flexibility index (Phi) is 4.80. The lowest BCUT2D eigenvalue weighted by Crippen LogP contribution is -2.31. The maximum atomic E-state index is 11.1. The van der Waals surface area contributed by atoms with Crippen LogP contribution < -0.4 is 21.3 Å². The fourth-order valence-electron chi connectivity index (χ4n) is 3.36. The van der Waals surface area contributed by atoms with E-state index in [0.29, 0.717) is 5.82 Å². The summed E-state index contributed by atoms with van der Waals surface area (Å²) < 4.78 is 0. The van der Waals surface area contributed by atoms with Gasteiger partial charge < -0.3 is 21.3 Å². The van der Waals surface area contributed by atoms with Gasteiger partial charge in [-0.2, -0.15) is 9.97 Å². The Balaban J connectivity index is 1.52. The molecule has 4 N–H and O–H groups in total. The first-order valence-electron chi connectivity index (χ1n) is 9.18. The summed E-state index contributed by atoms with van der Waals surface area (Å²) in [7, 11) is 0. The average Bonchev–Trinajstić information content (AvgIpc) is 2.68. The Morgan fingerprint density at radius 2 is 1.75 bits per heavy atom. The second kappa shape index (κ2) is 7.56. The number of nitrogen functional groups attached to an aromatic ring is 1. The van der Waals surface area contributed by atoms with Gasteiger partial charge in [0, 0.05) is 37.5 Å². The zero-order valence-corrected chi connectivity index (χ0v) is 15.6. The van der Waals surface area contributed by atoms with E-state index in [0.717, 1.165) is 36.7 Å². The number of nitrogens with two attached hydrogens (primary N) is 1. The van der Waals surface area contributed by atoms with E-state index >= 15 is 0 Å². The second-order valence-electron chi connectivity index (χ2n) is 6.79. The van der Waals surface area contributed by atoms with E-state index in [-0.39, 0.29) is 11.9 Å². The number of aromatic nitrogens is 2. The van der Waals surface area contributed by atoms with Crippen LogP contribution in [0.15, 0.2) is 54.6 Å². The third-order valence-electron chi connectivity index (χ3n) is 4.66. The molecular formula is C21H22N6O. The molecule has 0 saturated heterocycles. The van der Waals surface area contributed by atoms with E-state index in [2.05, 4.69) is 49.8 Å². The van der Waals surface area contributed by atoms with Gasteiger partial charge in [-0.3, -0.25) is 4.79 Å². The summed E-state index contributed by atoms with van der Waals surface area (Å²) in [6, 6.07) is 17.8. The highest BCUT2D eigenvalue weighted by molar-refractivity contribution is 5.88. The van der Waals surface area contributed by atoms with Gasteiger partial charge in [-0.1, -0.05) is 24.3 Å². The van der Waals surface area contributed by atoms with Crippen molar-refractivity contribution in [1.29, 1.82) is 0 Å². The average molecular weight is 374 g/mol. The molecule has 0 saturated carbocycles. The first-order chi connectivity index (χ1) is 13.6. The summed E-state index contributed by atoms with van der Waals surface area (Å²) in [5.41, 5.74) is 10.3. The van der Waals surface area contributed by atoms with Crippen LogP contribution in [0.1, 0.15) is 18.1 Å². The minimum absolute atomic E-state index is 0.1000. The number of fused-ring (bicyclic) bond motifs is 1. The molecule has 4 rings (SSSR count). The van der Waals surface area contributed by atoms with Crippen LogP contribution in [0, 0.1) is 0 Å². The highest BCUT2D eigenvalue weighted by atomic mass is 16.1. The van der Waals surface area contributed by atoms with E-state index in [4.69, 9.17) is 5.73 Å². The first kappa shape index (κ1) is 17.8. The van der Waals surface area contributed by atoms with E-state index in [1.54, 1.807) is 0 Å². The minimum Gasteiger partial charge on any atom is -0.368 e. The molecule has 1 aliphatic heterocycles. The molecule has 28 heavy (non-hydrogen) atoms. The summed E-state index contributed by atoms with van der Waals surface area (Å²) in [6.07, 6.45) is 0.980. The molecule has 2 aromatic carbocycles. The smallest absolute Gasteiger partial charge is 0.223 e. The molecule has 3 aromatic rings. The van der Waals surface area contributed by atoms with E-state index in [9.17, 15) is 4.79 Å². The second-order valence-corrected chi connectivity index (χ2v) is 6.79. The molecule has 142 valence electrons. The lowest BCUT2D eigenvalue weighted by molar-refractivity contribution is -0.114. The molecule has 0 bridgehead atoms. The lowest BCUT2D eigenvalue weighted by Gasteiger charge is -2.30. The molecule has 0 aliphatic carbocycles. The highest BCUT2D eigenvalue weighted by Gasteiger charge is 2.18. The summed E-state index contributed by atoms with van der Waals surface area (Å²) in [5.74, 6) is 1.57. The van der Waals surface area contributed by atoms with Gasteiger partial charge in [0.25, 0.3) is 0 Å². The Morgan fingerprint density at radius 1 is 1.04 bits per heavy atom. The molecule has 1 aromatic heterocycles. The van der Waals surface area contributed by atoms with Crippen molar-refractivity contribution in [3.63, 3.8) is 0 Å². The summed E-state index contributed by atoms with van der Waals surface area (Å²) in [5, 5.41) is 6.00. The quantitative estimate of drug-likeness (QED) is 0.648. The maximum Gasteiger partial charge on any atom is 0.223 e. The number of benzene rings is 2. The standard InChI is InChI=1S/C21H22N6O/c1-14(28)23-17-6-8-18(9-7-17)24-19-12-20(26-21(22)25-19)27-11-10-15-4-2-3-5-16(15)13-27/h2-9,12H,10-11,13H2,1H3,(H,23,28)(H3,22,24,25,26). The van der Waals surface area contributed by atoms with Crippen LogP contribution in [0.5, 0.6) is 0 Å². The zero-order chi connectivity index (χ0) is 19.5. The Morgan fingerprint density at radius 3 is 2.50 bits per heavy atom. The van der Waals surface area contributed by atoms with Crippen LogP contribution in [0.2, 0.25) is 0 Å². The SMILES string of the molecule is CC(=O)Nc1ccc(Nc2cc(N3CCc4ccccc4C3)nc(N)n2)cc1. The molecule has 2 heterocycles. The monoisotopic (exact) mass is 374 g/mol. The van der Waals surface area contributed by atoms with Crippen LogP contribution in [-0.2, 0) is 17.8 Å². The third-order valence-corrected chi connectivity index (χ3v) is 4.66. The van der Waals surface area contributed by atoms with Crippen molar-refractivity contribution in [3.8, 4) is 0 Å². The zero-order valence-electron chi connectivity index (χ0n) is 15.6. The van der Waals surface area contributed by atoms with Crippen molar-refractivity contribution in [2.24, 2.45) is 0 Å². The number of nitrogens with zero attached hydrogens (tertiary/aromatic N) is 3. The minimum atomic E-state index is -0.1000. The Labute approximate surface area is 163 Å². The molecule has 0 atom stereocenters. The Hall–Kier alpha value is -3.61. The third kappa shape index (κ3) is 4.03. The number of hydrogen-bond donors (Lipinski definition) is 3. The molecule has 7 nitrogen and oxygen atoms in total. The van der Waals surface area contributed by atoms with Crippen LogP contribution in [0.3, 0.4) is 0 Å². The van der Waals surface area contributed by atoms with Crippen LogP contribution in [-0.4, -0.2) is 22.4 Å². The molecule has 1 amide bonds. The van der Waals surface area contributed by atoms with Crippen molar-refractivity contribution < 1.29 is 4.79 Å². The number of amides is 1. The van der Waals surface area contributed by atoms with Crippen molar-refractivity contribution in [3.05, 3.63) is 65.7 Å². The van der Waals surface area contributed by atoms with Gasteiger partial charge in [0.05, 0.1) is 0 Å². The van der Waals surface area contributed by atoms with Crippen molar-refractivity contribution in [2.45, 2.75) is 19.9 Å². The number of carbonyl (C=O) groups excluding carboxylic acids is 1. The maximum absolute atomic E-state index is 11.1. The number of anilines is 5. The first-order valence-corrected chi connectivity index (χ1v) is 9.18. The number of hydrogen-bond acceptors (Lipinski definition) is 6. The number of carbonyl (C=O) groups is 1. The van der Waals surface area contributed by atoms with E-state index < -0.39 is 0 Å². The van der Waals surface area contributed by atoms with Gasteiger partial charge >= 0.3 is 0 Å². The van der Waals surface area contributed by atoms with Gasteiger partial charge in [-0.25, -0.2) is 0 Å². The largest absolute Gasteiger partial charge is 0.368 e. The summed E-state index contributed by atoms with van der Waals surface area (Å²) in [6.45, 7) is 3.17. The number of nitrogens with one attached hydrogen (secondary N) is 2. The van der Waals surface area contributed by atoms with Gasteiger partial charge in [-0.05, 0) is 41.8 Å². The van der Waals surface area contributed by atoms with Gasteiger partial charge in [0.15, 0.2) is 0 Å². The van der Waals surface area contributed by atoms with Crippen LogP contribution in [0.4, 0.5) is 29.0 Å². The van der Waals surface area contributed by atoms with Crippen LogP contribution in [0.25, 0.3) is 0 Å². The fraction of sp³-hybridized carbons (Fsp3) is 0.190. The molecule has 0 fully saturated rings. The van der Waals surface area contributed by atoms with Crippen molar-refractivity contribution >= 4 is 34.9 Å². The molecule has 0 unspecified atom stereocenters. The van der Waals surface area contributed by atoms with Gasteiger partial charge in [0.1, 0.15) is 11.6 Å². The Bertz CT molecular complexity index is 1000. The van der Waals surface area contributed by atoms with Gasteiger partial charge in [0.2, 0.25) is 11.9 Å². The molecule has 7 heteroatoms. The van der Waals surface area contributed by atoms with Gasteiger partial charge in [-0.15, -0.1) is 0 Å². The predicted octanol–water partition coefficient (Wildman–Crippen LogP) is 3.32. The lowest BCUT2D eigenvalue weighted by atomic mass is 10.00. The highest BCUT2D eigenvalue weighted by Crippen LogP contribution is 2.26. The van der Waals surface area contributed by atoms with Crippen molar-refractivity contribution in [1.82, 2.24) is 9.97 Å². The topological polar surface area (TPSA) is 96.2 Å². The van der Waals surface area contributed by atoms with E-state index in [1.165, 1.54) is 18.1 Å². The molecule has 0 radical (unpaired) electrons. The van der Waals surface area contributed by atoms with E-state index in [1.807, 2.05) is 30.3 Å². The molecular weight excluding hydrogens is 352 g/mol. The summed E-state index contributed by atoms with van der Waals surface area (Å²) >= 11 is 0. The van der Waals surface area contributed by atoms with Crippen molar-refractivity contribution in [2.75, 3.05) is 27.8 Å². The molecule has 1 aliphatic rings. The normalized spacial score (nSPS) is 13.0. The predicted molar refractivity (Wildman–Crippen MR) is 112 cm³/mol. The molecule has 0 spiro atoms. The fourth-order valence-corrected chi connectivity index (χ4v) is 3.36. The van der Waals surface area contributed by atoms with Crippen LogP contribution >= 0.6 is 0 Å².